The Morgan fingerprint density at radius 3 is 2.66 bits per heavy atom. The Balaban J connectivity index is 1.72. The van der Waals surface area contributed by atoms with Crippen LogP contribution in [0, 0.1) is 11.2 Å². The fourth-order valence-corrected chi connectivity index (χ4v) is 2.93. The molecule has 2 aromatic carbocycles. The monoisotopic (exact) mass is 400 g/mol. The molecule has 0 radical (unpaired) electrons. The summed E-state index contributed by atoms with van der Waals surface area (Å²) in [7, 11) is 0. The lowest BCUT2D eigenvalue weighted by Crippen LogP contribution is -2.47. The van der Waals surface area contributed by atoms with Gasteiger partial charge < -0.3 is 14.8 Å². The number of benzene rings is 2. The maximum atomic E-state index is 13.8. The third-order valence-corrected chi connectivity index (χ3v) is 4.77. The van der Waals surface area contributed by atoms with Crippen molar-refractivity contribution in [3.63, 3.8) is 0 Å². The molecule has 0 saturated carbocycles. The summed E-state index contributed by atoms with van der Waals surface area (Å²) in [6, 6.07) is 12.6. The zero-order chi connectivity index (χ0) is 21.0. The van der Waals surface area contributed by atoms with Crippen LogP contribution in [0.4, 0.5) is 14.9 Å². The summed E-state index contributed by atoms with van der Waals surface area (Å²) in [6.07, 6.45) is -0.423. The first kappa shape index (κ1) is 20.6. The SMILES string of the molecule is CC(C)(C)C(COc1ccccc1F)NC(=O)c1cccc(N2CCOC2=O)c1. The van der Waals surface area contributed by atoms with Crippen molar-refractivity contribution in [1.29, 1.82) is 0 Å². The number of cyclic esters (lactones) is 1. The van der Waals surface area contributed by atoms with Gasteiger partial charge in [-0.05, 0) is 35.7 Å². The van der Waals surface area contributed by atoms with Gasteiger partial charge >= 0.3 is 6.09 Å². The average molecular weight is 400 g/mol. The molecule has 7 heteroatoms. The summed E-state index contributed by atoms with van der Waals surface area (Å²) in [5, 5.41) is 2.97. The number of carbonyl (C=O) groups excluding carboxylic acids is 2. The standard InChI is InChI=1S/C22H25FN2O4/c1-22(2,3)19(14-29-18-10-5-4-9-17(18)23)24-20(26)15-7-6-8-16(13-15)25-11-12-28-21(25)27/h4-10,13,19H,11-12,14H2,1-3H3,(H,24,26). The second-order valence-electron chi connectivity index (χ2n) is 7.95. The van der Waals surface area contributed by atoms with Gasteiger partial charge in [0.15, 0.2) is 11.6 Å². The lowest BCUT2D eigenvalue weighted by molar-refractivity contribution is 0.0860. The number of halogens is 1. The smallest absolute Gasteiger partial charge is 0.414 e. The van der Waals surface area contributed by atoms with E-state index in [-0.39, 0.29) is 29.7 Å². The van der Waals surface area contributed by atoms with Gasteiger partial charge in [-0.15, -0.1) is 0 Å². The summed E-state index contributed by atoms with van der Waals surface area (Å²) in [4.78, 5) is 26.1. The highest BCUT2D eigenvalue weighted by atomic mass is 19.1. The van der Waals surface area contributed by atoms with Crippen molar-refractivity contribution in [1.82, 2.24) is 5.32 Å². The van der Waals surface area contributed by atoms with Gasteiger partial charge in [-0.1, -0.05) is 39.0 Å². The summed E-state index contributed by atoms with van der Waals surface area (Å²) in [6.45, 7) is 6.81. The van der Waals surface area contributed by atoms with Crippen molar-refractivity contribution in [2.75, 3.05) is 24.7 Å². The molecule has 2 amide bonds. The van der Waals surface area contributed by atoms with E-state index in [1.165, 1.54) is 11.0 Å². The molecule has 0 aliphatic carbocycles. The van der Waals surface area contributed by atoms with Crippen molar-refractivity contribution in [3.05, 3.63) is 59.9 Å². The predicted molar refractivity (Wildman–Crippen MR) is 108 cm³/mol. The molecular formula is C22H25FN2O4. The van der Waals surface area contributed by atoms with Crippen LogP contribution in [-0.2, 0) is 4.74 Å². The van der Waals surface area contributed by atoms with Crippen molar-refractivity contribution in [3.8, 4) is 5.75 Å². The average Bonchev–Trinajstić information content (AvgIpc) is 3.11. The van der Waals surface area contributed by atoms with Gasteiger partial charge in [-0.25, -0.2) is 9.18 Å². The first-order chi connectivity index (χ1) is 13.8. The molecule has 2 aromatic rings. The number of amides is 2. The minimum Gasteiger partial charge on any atom is -0.488 e. The number of hydrogen-bond donors (Lipinski definition) is 1. The van der Waals surface area contributed by atoms with Crippen molar-refractivity contribution < 1.29 is 23.5 Å². The second-order valence-corrected chi connectivity index (χ2v) is 7.95. The first-order valence-corrected chi connectivity index (χ1v) is 9.48. The van der Waals surface area contributed by atoms with E-state index in [9.17, 15) is 14.0 Å². The van der Waals surface area contributed by atoms with Crippen LogP contribution in [0.25, 0.3) is 0 Å². The van der Waals surface area contributed by atoms with Crippen LogP contribution in [0.3, 0.4) is 0 Å². The van der Waals surface area contributed by atoms with E-state index in [4.69, 9.17) is 9.47 Å². The number of carbonyl (C=O) groups is 2. The van der Waals surface area contributed by atoms with E-state index >= 15 is 0 Å². The van der Waals surface area contributed by atoms with E-state index in [1.54, 1.807) is 42.5 Å². The van der Waals surface area contributed by atoms with Crippen LogP contribution in [0.1, 0.15) is 31.1 Å². The van der Waals surface area contributed by atoms with E-state index < -0.39 is 11.9 Å². The molecule has 6 nitrogen and oxygen atoms in total. The molecule has 0 spiro atoms. The highest BCUT2D eigenvalue weighted by molar-refractivity contribution is 5.97. The van der Waals surface area contributed by atoms with Gasteiger partial charge in [0.1, 0.15) is 13.2 Å². The number of nitrogens with zero attached hydrogens (tertiary/aromatic N) is 1. The molecule has 3 rings (SSSR count). The molecule has 1 atom stereocenters. The van der Waals surface area contributed by atoms with Gasteiger partial charge in [0.2, 0.25) is 0 Å². The normalized spacial score (nSPS) is 15.0. The van der Waals surface area contributed by atoms with E-state index in [1.807, 2.05) is 20.8 Å². The quantitative estimate of drug-likeness (QED) is 0.796. The maximum Gasteiger partial charge on any atom is 0.414 e. The summed E-state index contributed by atoms with van der Waals surface area (Å²) in [5.41, 5.74) is 0.703. The topological polar surface area (TPSA) is 67.9 Å². The van der Waals surface area contributed by atoms with Crippen LogP contribution < -0.4 is 15.0 Å². The minimum atomic E-state index is -0.448. The Kier molecular flexibility index (Phi) is 6.06. The number of ether oxygens (including phenoxy) is 2. The zero-order valence-electron chi connectivity index (χ0n) is 16.8. The molecule has 154 valence electrons. The third-order valence-electron chi connectivity index (χ3n) is 4.77. The van der Waals surface area contributed by atoms with Gasteiger partial charge in [0.25, 0.3) is 5.91 Å². The Hall–Kier alpha value is -3.09. The van der Waals surface area contributed by atoms with Gasteiger partial charge in [0.05, 0.1) is 12.6 Å². The molecule has 1 heterocycles. The lowest BCUT2D eigenvalue weighted by atomic mass is 9.87. The van der Waals surface area contributed by atoms with E-state index in [0.29, 0.717) is 24.4 Å². The molecule has 1 fully saturated rings. The maximum absolute atomic E-state index is 13.8. The Morgan fingerprint density at radius 1 is 1.24 bits per heavy atom. The first-order valence-electron chi connectivity index (χ1n) is 9.48. The van der Waals surface area contributed by atoms with Crippen molar-refractivity contribution in [2.24, 2.45) is 5.41 Å². The summed E-state index contributed by atoms with van der Waals surface area (Å²) in [5.74, 6) is -0.598. The Labute approximate surface area is 169 Å². The van der Waals surface area contributed by atoms with E-state index in [0.717, 1.165) is 0 Å². The van der Waals surface area contributed by atoms with Crippen molar-refractivity contribution >= 4 is 17.7 Å². The fraction of sp³-hybridized carbons (Fsp3) is 0.364. The molecule has 29 heavy (non-hydrogen) atoms. The number of nitrogens with one attached hydrogen (secondary N) is 1. The number of hydrogen-bond acceptors (Lipinski definition) is 4. The molecule has 0 aromatic heterocycles. The molecular weight excluding hydrogens is 375 g/mol. The predicted octanol–water partition coefficient (Wildman–Crippen LogP) is 4.01. The highest BCUT2D eigenvalue weighted by Gasteiger charge is 2.29. The van der Waals surface area contributed by atoms with Gasteiger partial charge in [-0.3, -0.25) is 9.69 Å². The Morgan fingerprint density at radius 2 is 2.00 bits per heavy atom. The number of rotatable bonds is 6. The Bertz CT molecular complexity index is 894. The molecule has 1 unspecified atom stereocenters. The van der Waals surface area contributed by atoms with Gasteiger partial charge in [0, 0.05) is 11.3 Å². The van der Waals surface area contributed by atoms with Crippen LogP contribution in [0.5, 0.6) is 5.75 Å². The lowest BCUT2D eigenvalue weighted by Gasteiger charge is -2.31. The number of para-hydroxylation sites is 1. The highest BCUT2D eigenvalue weighted by Crippen LogP contribution is 2.24. The molecule has 1 N–H and O–H groups in total. The van der Waals surface area contributed by atoms with Crippen molar-refractivity contribution in [2.45, 2.75) is 26.8 Å². The van der Waals surface area contributed by atoms with E-state index in [2.05, 4.69) is 5.32 Å². The number of anilines is 1. The zero-order valence-corrected chi connectivity index (χ0v) is 16.8. The van der Waals surface area contributed by atoms with Gasteiger partial charge in [-0.2, -0.15) is 0 Å². The molecule has 0 bridgehead atoms. The summed E-state index contributed by atoms with van der Waals surface area (Å²) < 4.78 is 24.4. The fourth-order valence-electron chi connectivity index (χ4n) is 2.93. The summed E-state index contributed by atoms with van der Waals surface area (Å²) >= 11 is 0. The molecule has 1 saturated heterocycles. The molecule has 1 aliphatic rings. The van der Waals surface area contributed by atoms with Crippen LogP contribution in [0.2, 0.25) is 0 Å². The van der Waals surface area contributed by atoms with Crippen LogP contribution in [-0.4, -0.2) is 37.8 Å². The third kappa shape index (κ3) is 5.04. The molecule has 1 aliphatic heterocycles. The minimum absolute atomic E-state index is 0.119. The van der Waals surface area contributed by atoms with Crippen LogP contribution in [0.15, 0.2) is 48.5 Å². The second kappa shape index (κ2) is 8.51. The van der Waals surface area contributed by atoms with Crippen LogP contribution >= 0.6 is 0 Å². The largest absolute Gasteiger partial charge is 0.488 e.